The molecule has 0 aromatic heterocycles. The summed E-state index contributed by atoms with van der Waals surface area (Å²) in [4.78, 5) is 2.10. The second-order valence-electron chi connectivity index (χ2n) is 8.09. The molecule has 0 amide bonds. The summed E-state index contributed by atoms with van der Waals surface area (Å²) in [6.07, 6.45) is -0.286. The van der Waals surface area contributed by atoms with Gasteiger partial charge < -0.3 is 15.0 Å². The minimum absolute atomic E-state index is 0.286. The summed E-state index contributed by atoms with van der Waals surface area (Å²) in [7, 11) is 4.10. The van der Waals surface area contributed by atoms with Gasteiger partial charge in [0.15, 0.2) is 6.23 Å². The van der Waals surface area contributed by atoms with E-state index in [4.69, 9.17) is 4.74 Å². The van der Waals surface area contributed by atoms with Gasteiger partial charge in [0.25, 0.3) is 0 Å². The Kier molecular flexibility index (Phi) is 4.97. The molecule has 3 heteroatoms. The van der Waals surface area contributed by atoms with Gasteiger partial charge in [-0.2, -0.15) is 0 Å². The molecule has 4 aromatic rings. The molecule has 1 N–H and O–H groups in total. The summed E-state index contributed by atoms with van der Waals surface area (Å²) in [6.45, 7) is 0. The van der Waals surface area contributed by atoms with Gasteiger partial charge in [0.05, 0.1) is 0 Å². The highest BCUT2D eigenvalue weighted by Crippen LogP contribution is 2.50. The van der Waals surface area contributed by atoms with Crippen LogP contribution >= 0.6 is 0 Å². The maximum atomic E-state index is 7.03. The Morgan fingerprint density at radius 3 is 1.81 bits per heavy atom. The first-order valence-corrected chi connectivity index (χ1v) is 10.6. The predicted octanol–water partition coefficient (Wildman–Crippen LogP) is 6.19. The van der Waals surface area contributed by atoms with Crippen molar-refractivity contribution < 1.29 is 4.74 Å². The van der Waals surface area contributed by atoms with E-state index in [0.29, 0.717) is 0 Å². The molecule has 0 fully saturated rings. The van der Waals surface area contributed by atoms with E-state index in [2.05, 4.69) is 121 Å². The third kappa shape index (κ3) is 3.37. The highest BCUT2D eigenvalue weighted by atomic mass is 16.5. The molecule has 0 saturated carbocycles. The zero-order valence-corrected chi connectivity index (χ0v) is 17.8. The second-order valence-corrected chi connectivity index (χ2v) is 8.09. The van der Waals surface area contributed by atoms with Crippen molar-refractivity contribution in [2.24, 2.45) is 0 Å². The maximum absolute atomic E-state index is 7.03. The molecule has 154 valence electrons. The van der Waals surface area contributed by atoms with E-state index in [0.717, 1.165) is 33.6 Å². The van der Waals surface area contributed by atoms with Gasteiger partial charge in [0.1, 0.15) is 5.60 Å². The van der Waals surface area contributed by atoms with E-state index >= 15 is 0 Å². The van der Waals surface area contributed by atoms with Gasteiger partial charge in [-0.25, -0.2) is 0 Å². The lowest BCUT2D eigenvalue weighted by Gasteiger charge is -2.44. The SMILES string of the molecule is CN(C)c1ccc([C@H]2Nc3ccccc3C(c3ccccc3)(c3ccccc3)O2)cc1. The minimum Gasteiger partial charge on any atom is -0.378 e. The zero-order chi connectivity index (χ0) is 21.3. The predicted molar refractivity (Wildman–Crippen MR) is 127 cm³/mol. The Bertz CT molecular complexity index is 1120. The Morgan fingerprint density at radius 1 is 0.677 bits per heavy atom. The van der Waals surface area contributed by atoms with Crippen LogP contribution < -0.4 is 10.2 Å². The lowest BCUT2D eigenvalue weighted by molar-refractivity contribution is -0.0432. The lowest BCUT2D eigenvalue weighted by atomic mass is 9.78. The van der Waals surface area contributed by atoms with Crippen molar-refractivity contribution >= 4 is 11.4 Å². The van der Waals surface area contributed by atoms with E-state index in [1.54, 1.807) is 0 Å². The molecule has 4 aromatic carbocycles. The van der Waals surface area contributed by atoms with Gasteiger partial charge in [-0.15, -0.1) is 0 Å². The van der Waals surface area contributed by atoms with Gasteiger partial charge >= 0.3 is 0 Å². The van der Waals surface area contributed by atoms with Crippen LogP contribution in [0.1, 0.15) is 28.5 Å². The molecule has 0 radical (unpaired) electrons. The first kappa shape index (κ1) is 19.4. The molecule has 5 rings (SSSR count). The number of ether oxygens (including phenoxy) is 1. The number of hydrogen-bond acceptors (Lipinski definition) is 3. The largest absolute Gasteiger partial charge is 0.378 e. The summed E-state index contributed by atoms with van der Waals surface area (Å²) < 4.78 is 7.03. The van der Waals surface area contributed by atoms with Gasteiger partial charge in [-0.05, 0) is 29.3 Å². The van der Waals surface area contributed by atoms with Crippen LogP contribution in [-0.2, 0) is 10.3 Å². The number of nitrogens with zero attached hydrogens (tertiary/aromatic N) is 1. The molecular weight excluding hydrogens is 380 g/mol. The Morgan fingerprint density at radius 2 is 1.23 bits per heavy atom. The molecule has 1 aliphatic heterocycles. The van der Waals surface area contributed by atoms with Crippen molar-refractivity contribution in [3.63, 3.8) is 0 Å². The quantitative estimate of drug-likeness (QED) is 0.438. The van der Waals surface area contributed by atoms with Crippen LogP contribution in [0.5, 0.6) is 0 Å². The number of benzene rings is 4. The number of para-hydroxylation sites is 1. The topological polar surface area (TPSA) is 24.5 Å². The van der Waals surface area contributed by atoms with Crippen LogP contribution in [0.25, 0.3) is 0 Å². The molecule has 3 nitrogen and oxygen atoms in total. The Labute approximate surface area is 183 Å². The Balaban J connectivity index is 1.71. The monoisotopic (exact) mass is 406 g/mol. The number of fused-ring (bicyclic) bond motifs is 1. The third-order valence-electron chi connectivity index (χ3n) is 5.96. The first-order chi connectivity index (χ1) is 15.2. The normalized spacial score (nSPS) is 16.8. The maximum Gasteiger partial charge on any atom is 0.156 e. The van der Waals surface area contributed by atoms with Gasteiger partial charge in [-0.1, -0.05) is 91.0 Å². The number of hydrogen-bond donors (Lipinski definition) is 1. The van der Waals surface area contributed by atoms with Gasteiger partial charge in [0.2, 0.25) is 0 Å². The number of anilines is 2. The van der Waals surface area contributed by atoms with Crippen molar-refractivity contribution in [2.45, 2.75) is 11.8 Å². The molecule has 0 unspecified atom stereocenters. The van der Waals surface area contributed by atoms with E-state index in [-0.39, 0.29) is 6.23 Å². The van der Waals surface area contributed by atoms with Crippen molar-refractivity contribution in [3.8, 4) is 0 Å². The van der Waals surface area contributed by atoms with E-state index < -0.39 is 5.60 Å². The van der Waals surface area contributed by atoms with Crippen LogP contribution in [0.15, 0.2) is 109 Å². The molecule has 1 heterocycles. The molecule has 0 saturated heterocycles. The highest BCUT2D eigenvalue weighted by Gasteiger charge is 2.44. The molecule has 0 aliphatic carbocycles. The standard InChI is InChI=1S/C28H26N2O/c1-30(2)24-19-17-21(18-20-24)27-29-26-16-10-9-15-25(26)28(31-27,22-11-5-3-6-12-22)23-13-7-4-8-14-23/h3-20,27,29H,1-2H3/t27-/m0/s1. The molecule has 0 spiro atoms. The zero-order valence-electron chi connectivity index (χ0n) is 17.8. The average molecular weight is 407 g/mol. The van der Waals surface area contributed by atoms with Crippen molar-refractivity contribution in [2.75, 3.05) is 24.3 Å². The van der Waals surface area contributed by atoms with E-state index in [9.17, 15) is 0 Å². The molecule has 0 bridgehead atoms. The van der Waals surface area contributed by atoms with Crippen LogP contribution in [0.3, 0.4) is 0 Å². The third-order valence-corrected chi connectivity index (χ3v) is 5.96. The van der Waals surface area contributed by atoms with E-state index in [1.807, 2.05) is 12.1 Å². The summed E-state index contributed by atoms with van der Waals surface area (Å²) in [5.74, 6) is 0. The molecule has 31 heavy (non-hydrogen) atoms. The highest BCUT2D eigenvalue weighted by molar-refractivity contribution is 5.64. The summed E-state index contributed by atoms with van der Waals surface area (Å²) >= 11 is 0. The second kappa shape index (κ2) is 7.93. The number of nitrogens with one attached hydrogen (secondary N) is 1. The Hall–Kier alpha value is -3.56. The van der Waals surface area contributed by atoms with Crippen molar-refractivity contribution in [3.05, 3.63) is 131 Å². The summed E-state index contributed by atoms with van der Waals surface area (Å²) in [6, 6.07) is 38.0. The van der Waals surface area contributed by atoms with E-state index in [1.165, 1.54) is 0 Å². The fraction of sp³-hybridized carbons (Fsp3) is 0.143. The average Bonchev–Trinajstić information content (AvgIpc) is 2.84. The van der Waals surface area contributed by atoms with Crippen LogP contribution in [-0.4, -0.2) is 14.1 Å². The van der Waals surface area contributed by atoms with Crippen LogP contribution in [0.2, 0.25) is 0 Å². The smallest absolute Gasteiger partial charge is 0.156 e. The van der Waals surface area contributed by atoms with Crippen LogP contribution in [0.4, 0.5) is 11.4 Å². The van der Waals surface area contributed by atoms with Gasteiger partial charge in [0, 0.05) is 36.6 Å². The minimum atomic E-state index is -0.713. The van der Waals surface area contributed by atoms with Crippen LogP contribution in [0, 0.1) is 0 Å². The van der Waals surface area contributed by atoms with Crippen molar-refractivity contribution in [1.82, 2.24) is 0 Å². The lowest BCUT2D eigenvalue weighted by Crippen LogP contribution is -2.40. The molecule has 1 aliphatic rings. The first-order valence-electron chi connectivity index (χ1n) is 10.6. The van der Waals surface area contributed by atoms with Crippen molar-refractivity contribution in [1.29, 1.82) is 0 Å². The fourth-order valence-electron chi connectivity index (χ4n) is 4.39. The molecular formula is C28H26N2O. The van der Waals surface area contributed by atoms with Gasteiger partial charge in [-0.3, -0.25) is 0 Å². The number of rotatable bonds is 4. The summed E-state index contributed by atoms with van der Waals surface area (Å²) in [5.41, 5.74) is 5.98. The fourth-order valence-corrected chi connectivity index (χ4v) is 4.39. The molecule has 1 atom stereocenters. The summed E-state index contributed by atoms with van der Waals surface area (Å²) in [5, 5.41) is 3.62.